The van der Waals surface area contributed by atoms with Crippen molar-refractivity contribution in [3.8, 4) is 0 Å². The number of aryl methyl sites for hydroxylation is 1. The molecule has 1 unspecified atom stereocenters. The van der Waals surface area contributed by atoms with Crippen LogP contribution in [0.1, 0.15) is 18.4 Å². The Morgan fingerprint density at radius 2 is 2.21 bits per heavy atom. The van der Waals surface area contributed by atoms with Gasteiger partial charge in [-0.25, -0.2) is 4.39 Å². The first-order valence-electron chi connectivity index (χ1n) is 6.28. The molecule has 19 heavy (non-hydrogen) atoms. The Balaban J connectivity index is 2.01. The van der Waals surface area contributed by atoms with Gasteiger partial charge in [0.05, 0.1) is 0 Å². The van der Waals surface area contributed by atoms with Crippen LogP contribution in [0.3, 0.4) is 0 Å². The molecule has 1 aliphatic rings. The SMILES string of the molecule is Cc1cc(NC(=O)C2CCN(C)C(=O)C2)ccc1F. The van der Waals surface area contributed by atoms with E-state index in [1.807, 2.05) is 0 Å². The van der Waals surface area contributed by atoms with Crippen molar-refractivity contribution in [2.75, 3.05) is 18.9 Å². The minimum Gasteiger partial charge on any atom is -0.346 e. The highest BCUT2D eigenvalue weighted by Crippen LogP contribution is 2.20. The van der Waals surface area contributed by atoms with E-state index in [4.69, 9.17) is 0 Å². The van der Waals surface area contributed by atoms with Gasteiger partial charge in [-0.15, -0.1) is 0 Å². The second kappa shape index (κ2) is 5.38. The highest BCUT2D eigenvalue weighted by atomic mass is 19.1. The Kier molecular flexibility index (Phi) is 3.83. The monoisotopic (exact) mass is 264 g/mol. The van der Waals surface area contributed by atoms with E-state index in [0.29, 0.717) is 24.2 Å². The van der Waals surface area contributed by atoms with Crippen LogP contribution in [0.5, 0.6) is 0 Å². The van der Waals surface area contributed by atoms with Crippen LogP contribution < -0.4 is 5.32 Å². The normalized spacial score (nSPS) is 19.4. The Labute approximate surface area is 111 Å². The van der Waals surface area contributed by atoms with E-state index in [-0.39, 0.29) is 30.0 Å². The third kappa shape index (κ3) is 3.10. The molecule has 102 valence electrons. The van der Waals surface area contributed by atoms with Gasteiger partial charge >= 0.3 is 0 Å². The smallest absolute Gasteiger partial charge is 0.228 e. The summed E-state index contributed by atoms with van der Waals surface area (Å²) >= 11 is 0. The summed E-state index contributed by atoms with van der Waals surface area (Å²) in [5.74, 6) is -0.782. The zero-order valence-corrected chi connectivity index (χ0v) is 11.1. The molecule has 5 heteroatoms. The molecule has 0 radical (unpaired) electrons. The fourth-order valence-corrected chi connectivity index (χ4v) is 2.13. The lowest BCUT2D eigenvalue weighted by molar-refractivity contribution is -0.137. The van der Waals surface area contributed by atoms with Gasteiger partial charge in [0.25, 0.3) is 0 Å². The number of anilines is 1. The van der Waals surface area contributed by atoms with Gasteiger partial charge in [-0.05, 0) is 37.1 Å². The second-order valence-corrected chi connectivity index (χ2v) is 4.96. The van der Waals surface area contributed by atoms with Crippen molar-refractivity contribution in [2.45, 2.75) is 19.8 Å². The summed E-state index contributed by atoms with van der Waals surface area (Å²) in [4.78, 5) is 25.2. The van der Waals surface area contributed by atoms with Crippen LogP contribution in [-0.4, -0.2) is 30.3 Å². The van der Waals surface area contributed by atoms with Gasteiger partial charge in [0.15, 0.2) is 0 Å². The Morgan fingerprint density at radius 1 is 1.47 bits per heavy atom. The van der Waals surface area contributed by atoms with Crippen LogP contribution in [0.15, 0.2) is 18.2 Å². The number of benzene rings is 1. The maximum absolute atomic E-state index is 13.1. The van der Waals surface area contributed by atoms with Gasteiger partial charge in [0, 0.05) is 31.6 Å². The highest BCUT2D eigenvalue weighted by Gasteiger charge is 2.28. The molecule has 0 aliphatic carbocycles. The predicted octanol–water partition coefficient (Wildman–Crippen LogP) is 1.94. The van der Waals surface area contributed by atoms with Gasteiger partial charge in [0.1, 0.15) is 5.82 Å². The van der Waals surface area contributed by atoms with Crippen molar-refractivity contribution < 1.29 is 14.0 Å². The largest absolute Gasteiger partial charge is 0.346 e. The molecule has 1 N–H and O–H groups in total. The topological polar surface area (TPSA) is 49.4 Å². The molecular formula is C14H17FN2O2. The van der Waals surface area contributed by atoms with Crippen LogP contribution in [0.2, 0.25) is 0 Å². The zero-order chi connectivity index (χ0) is 14.0. The molecule has 1 aliphatic heterocycles. The molecule has 1 fully saturated rings. The van der Waals surface area contributed by atoms with E-state index in [1.54, 1.807) is 24.9 Å². The number of hydrogen-bond donors (Lipinski definition) is 1. The number of carbonyl (C=O) groups is 2. The number of piperidine rings is 1. The van der Waals surface area contributed by atoms with Crippen molar-refractivity contribution in [2.24, 2.45) is 5.92 Å². The molecule has 1 aromatic carbocycles. The van der Waals surface area contributed by atoms with Crippen LogP contribution >= 0.6 is 0 Å². The summed E-state index contributed by atoms with van der Waals surface area (Å²) in [5.41, 5.74) is 1.05. The lowest BCUT2D eigenvalue weighted by atomic mass is 9.95. The summed E-state index contributed by atoms with van der Waals surface area (Å²) in [6.07, 6.45) is 0.900. The second-order valence-electron chi connectivity index (χ2n) is 4.96. The summed E-state index contributed by atoms with van der Waals surface area (Å²) < 4.78 is 13.1. The standard InChI is InChI=1S/C14H17FN2O2/c1-9-7-11(3-4-12(9)15)16-14(19)10-5-6-17(2)13(18)8-10/h3-4,7,10H,5-6,8H2,1-2H3,(H,16,19). The first-order chi connectivity index (χ1) is 8.97. The van der Waals surface area contributed by atoms with Crippen LogP contribution in [-0.2, 0) is 9.59 Å². The lowest BCUT2D eigenvalue weighted by Crippen LogP contribution is -2.39. The van der Waals surface area contributed by atoms with Crippen LogP contribution in [0.4, 0.5) is 10.1 Å². The molecule has 1 saturated heterocycles. The molecule has 0 spiro atoms. The van der Waals surface area contributed by atoms with E-state index in [9.17, 15) is 14.0 Å². The quantitative estimate of drug-likeness (QED) is 0.887. The predicted molar refractivity (Wildman–Crippen MR) is 70.1 cm³/mol. The molecule has 0 aromatic heterocycles. The maximum Gasteiger partial charge on any atom is 0.228 e. The minimum atomic E-state index is -0.299. The number of amides is 2. The number of likely N-dealkylation sites (tertiary alicyclic amines) is 1. The lowest BCUT2D eigenvalue weighted by Gasteiger charge is -2.27. The fraction of sp³-hybridized carbons (Fsp3) is 0.429. The van der Waals surface area contributed by atoms with Gasteiger partial charge in [0.2, 0.25) is 11.8 Å². The number of nitrogens with one attached hydrogen (secondary N) is 1. The van der Waals surface area contributed by atoms with Crippen molar-refractivity contribution in [1.82, 2.24) is 4.90 Å². The molecule has 1 atom stereocenters. The number of nitrogens with zero attached hydrogens (tertiary/aromatic N) is 1. The zero-order valence-electron chi connectivity index (χ0n) is 11.1. The van der Waals surface area contributed by atoms with Crippen molar-refractivity contribution in [3.05, 3.63) is 29.6 Å². The molecule has 0 bridgehead atoms. The molecule has 1 aromatic rings. The number of carbonyl (C=O) groups excluding carboxylic acids is 2. The maximum atomic E-state index is 13.1. The molecule has 0 saturated carbocycles. The van der Waals surface area contributed by atoms with E-state index < -0.39 is 0 Å². The van der Waals surface area contributed by atoms with Crippen molar-refractivity contribution in [1.29, 1.82) is 0 Å². The van der Waals surface area contributed by atoms with E-state index in [1.165, 1.54) is 12.1 Å². The van der Waals surface area contributed by atoms with Crippen molar-refractivity contribution in [3.63, 3.8) is 0 Å². The van der Waals surface area contributed by atoms with E-state index >= 15 is 0 Å². The molecule has 2 rings (SSSR count). The first kappa shape index (κ1) is 13.5. The summed E-state index contributed by atoms with van der Waals surface area (Å²) in [6, 6.07) is 4.44. The number of rotatable bonds is 2. The van der Waals surface area contributed by atoms with Crippen molar-refractivity contribution >= 4 is 17.5 Å². The third-order valence-electron chi connectivity index (χ3n) is 3.46. The third-order valence-corrected chi connectivity index (χ3v) is 3.46. The molecular weight excluding hydrogens is 247 g/mol. The Hall–Kier alpha value is -1.91. The number of halogens is 1. The van der Waals surface area contributed by atoms with Gasteiger partial charge in [-0.2, -0.15) is 0 Å². The first-order valence-corrected chi connectivity index (χ1v) is 6.28. The highest BCUT2D eigenvalue weighted by molar-refractivity contribution is 5.95. The minimum absolute atomic E-state index is 0.0123. The Morgan fingerprint density at radius 3 is 2.84 bits per heavy atom. The average Bonchev–Trinajstić information content (AvgIpc) is 2.37. The van der Waals surface area contributed by atoms with Crippen LogP contribution in [0, 0.1) is 18.7 Å². The van der Waals surface area contributed by atoms with Gasteiger partial charge in [-0.1, -0.05) is 0 Å². The Bertz CT molecular complexity index is 516. The summed E-state index contributed by atoms with van der Waals surface area (Å²) in [7, 11) is 1.74. The van der Waals surface area contributed by atoms with Gasteiger partial charge in [-0.3, -0.25) is 9.59 Å². The van der Waals surface area contributed by atoms with Crippen LogP contribution in [0.25, 0.3) is 0 Å². The van der Waals surface area contributed by atoms with E-state index in [2.05, 4.69) is 5.32 Å². The van der Waals surface area contributed by atoms with E-state index in [0.717, 1.165) is 0 Å². The summed E-state index contributed by atoms with van der Waals surface area (Å²) in [6.45, 7) is 2.24. The van der Waals surface area contributed by atoms with Gasteiger partial charge < -0.3 is 10.2 Å². The average molecular weight is 264 g/mol. The molecule has 1 heterocycles. The summed E-state index contributed by atoms with van der Waals surface area (Å²) in [5, 5.41) is 2.74. The molecule has 4 nitrogen and oxygen atoms in total. The number of hydrogen-bond acceptors (Lipinski definition) is 2. The molecule has 2 amide bonds. The fourth-order valence-electron chi connectivity index (χ4n) is 2.13.